The van der Waals surface area contributed by atoms with Crippen LogP contribution in [0.15, 0.2) is 58.3 Å². The summed E-state index contributed by atoms with van der Waals surface area (Å²) >= 11 is 0. The maximum absolute atomic E-state index is 13.4. The summed E-state index contributed by atoms with van der Waals surface area (Å²) in [4.78, 5) is -0.715. The minimum absolute atomic E-state index is 0.0653. The molecule has 17 heavy (non-hydrogen) atoms. The van der Waals surface area contributed by atoms with Crippen molar-refractivity contribution < 1.29 is 17.2 Å². The molecular formula is C12H8F2O2S. The zero-order valence-electron chi connectivity index (χ0n) is 8.60. The molecule has 0 N–H and O–H groups in total. The van der Waals surface area contributed by atoms with E-state index in [9.17, 15) is 17.2 Å². The van der Waals surface area contributed by atoms with Gasteiger partial charge in [-0.05, 0) is 30.3 Å². The Labute approximate surface area is 97.4 Å². The minimum atomic E-state index is -4.01. The minimum Gasteiger partial charge on any atom is -0.218 e. The molecule has 0 spiro atoms. The fraction of sp³-hybridized carbons (Fsp3) is 0. The molecule has 2 aromatic carbocycles. The van der Waals surface area contributed by atoms with Gasteiger partial charge in [-0.25, -0.2) is 17.2 Å². The summed E-state index contributed by atoms with van der Waals surface area (Å²) in [5.74, 6) is -1.75. The highest BCUT2D eigenvalue weighted by molar-refractivity contribution is 7.91. The van der Waals surface area contributed by atoms with Crippen molar-refractivity contribution >= 4 is 9.84 Å². The molecule has 2 nitrogen and oxygen atoms in total. The van der Waals surface area contributed by atoms with Crippen LogP contribution in [0.25, 0.3) is 0 Å². The summed E-state index contributed by atoms with van der Waals surface area (Å²) in [6.07, 6.45) is 0. The molecule has 88 valence electrons. The van der Waals surface area contributed by atoms with Crippen LogP contribution < -0.4 is 0 Å². The van der Waals surface area contributed by atoms with Gasteiger partial charge in [-0.2, -0.15) is 0 Å². The van der Waals surface area contributed by atoms with Gasteiger partial charge in [0.15, 0.2) is 0 Å². The summed E-state index contributed by atoms with van der Waals surface area (Å²) in [5, 5.41) is 0. The maximum Gasteiger partial charge on any atom is 0.209 e. The lowest BCUT2D eigenvalue weighted by atomic mass is 10.3. The zero-order valence-corrected chi connectivity index (χ0v) is 9.42. The van der Waals surface area contributed by atoms with Crippen molar-refractivity contribution in [2.75, 3.05) is 0 Å². The average molecular weight is 254 g/mol. The van der Waals surface area contributed by atoms with E-state index in [4.69, 9.17) is 0 Å². The van der Waals surface area contributed by atoms with E-state index in [1.165, 1.54) is 24.3 Å². The standard InChI is InChI=1S/C12H8F2O2S/c13-9-6-7-11(14)12(8-9)17(15,16)10-4-2-1-3-5-10/h1-8H. The quantitative estimate of drug-likeness (QED) is 0.825. The fourth-order valence-corrected chi connectivity index (χ4v) is 2.77. The molecule has 0 saturated carbocycles. The van der Waals surface area contributed by atoms with Gasteiger partial charge in [0, 0.05) is 0 Å². The molecule has 0 radical (unpaired) electrons. The predicted molar refractivity (Wildman–Crippen MR) is 58.3 cm³/mol. The van der Waals surface area contributed by atoms with E-state index in [0.29, 0.717) is 6.07 Å². The second-order valence-electron chi connectivity index (χ2n) is 3.39. The third-order valence-electron chi connectivity index (χ3n) is 2.24. The van der Waals surface area contributed by atoms with Gasteiger partial charge in [0.2, 0.25) is 9.84 Å². The number of benzene rings is 2. The van der Waals surface area contributed by atoms with Crippen molar-refractivity contribution in [3.05, 3.63) is 60.2 Å². The first kappa shape index (κ1) is 11.7. The molecule has 0 unspecified atom stereocenters. The first-order valence-electron chi connectivity index (χ1n) is 4.77. The Balaban J connectivity index is 2.64. The molecule has 0 aromatic heterocycles. The number of hydrogen-bond acceptors (Lipinski definition) is 2. The Morgan fingerprint density at radius 3 is 2.18 bits per heavy atom. The molecule has 0 fully saturated rings. The van der Waals surface area contributed by atoms with Crippen LogP contribution in [0.1, 0.15) is 0 Å². The molecule has 0 aliphatic carbocycles. The van der Waals surface area contributed by atoms with Crippen molar-refractivity contribution in [1.29, 1.82) is 0 Å². The molecule has 0 aliphatic rings. The number of sulfone groups is 1. The second kappa shape index (κ2) is 4.25. The van der Waals surface area contributed by atoms with Gasteiger partial charge in [-0.15, -0.1) is 0 Å². The summed E-state index contributed by atoms with van der Waals surface area (Å²) in [6, 6.07) is 9.69. The summed E-state index contributed by atoms with van der Waals surface area (Å²) in [6.45, 7) is 0. The molecule has 0 atom stereocenters. The third-order valence-corrected chi connectivity index (χ3v) is 4.02. The molecule has 0 heterocycles. The highest BCUT2D eigenvalue weighted by Crippen LogP contribution is 2.23. The monoisotopic (exact) mass is 254 g/mol. The first-order valence-corrected chi connectivity index (χ1v) is 6.25. The number of halogens is 2. The van der Waals surface area contributed by atoms with Gasteiger partial charge in [0.05, 0.1) is 4.90 Å². The van der Waals surface area contributed by atoms with Crippen LogP contribution >= 0.6 is 0 Å². The lowest BCUT2D eigenvalue weighted by Gasteiger charge is -2.05. The average Bonchev–Trinajstić information content (AvgIpc) is 2.33. The van der Waals surface area contributed by atoms with Crippen LogP contribution in [-0.4, -0.2) is 8.42 Å². The van der Waals surface area contributed by atoms with Gasteiger partial charge in [0.25, 0.3) is 0 Å². The molecule has 0 aliphatic heterocycles. The molecule has 2 rings (SSSR count). The SMILES string of the molecule is O=S(=O)(c1ccccc1)c1cc(F)ccc1F. The van der Waals surface area contributed by atoms with Gasteiger partial charge in [-0.3, -0.25) is 0 Å². The highest BCUT2D eigenvalue weighted by Gasteiger charge is 2.21. The third kappa shape index (κ3) is 2.19. The van der Waals surface area contributed by atoms with E-state index in [-0.39, 0.29) is 4.90 Å². The van der Waals surface area contributed by atoms with E-state index < -0.39 is 26.4 Å². The summed E-state index contributed by atoms with van der Waals surface area (Å²) in [5.41, 5.74) is 0. The molecule has 0 bridgehead atoms. The van der Waals surface area contributed by atoms with E-state index in [2.05, 4.69) is 0 Å². The van der Waals surface area contributed by atoms with Crippen molar-refractivity contribution in [2.24, 2.45) is 0 Å². The van der Waals surface area contributed by atoms with E-state index >= 15 is 0 Å². The molecular weight excluding hydrogens is 246 g/mol. The van der Waals surface area contributed by atoms with Crippen molar-refractivity contribution in [2.45, 2.75) is 9.79 Å². The van der Waals surface area contributed by atoms with Crippen LogP contribution in [0.3, 0.4) is 0 Å². The maximum atomic E-state index is 13.4. The lowest BCUT2D eigenvalue weighted by molar-refractivity contribution is 0.553. The van der Waals surface area contributed by atoms with Crippen LogP contribution in [0.4, 0.5) is 8.78 Å². The topological polar surface area (TPSA) is 34.1 Å². The van der Waals surface area contributed by atoms with Gasteiger partial charge in [0.1, 0.15) is 16.5 Å². The van der Waals surface area contributed by atoms with E-state index in [1.54, 1.807) is 6.07 Å². The van der Waals surface area contributed by atoms with Gasteiger partial charge in [-0.1, -0.05) is 18.2 Å². The van der Waals surface area contributed by atoms with Crippen LogP contribution in [0, 0.1) is 11.6 Å². The summed E-state index contributed by atoms with van der Waals surface area (Å²) in [7, 11) is -4.01. The van der Waals surface area contributed by atoms with Crippen LogP contribution in [0.5, 0.6) is 0 Å². The Morgan fingerprint density at radius 1 is 0.882 bits per heavy atom. The molecule has 5 heteroatoms. The largest absolute Gasteiger partial charge is 0.218 e. The molecule has 0 saturated heterocycles. The van der Waals surface area contributed by atoms with Crippen LogP contribution in [0.2, 0.25) is 0 Å². The Hall–Kier alpha value is -1.75. The van der Waals surface area contributed by atoms with Crippen LogP contribution in [-0.2, 0) is 9.84 Å². The highest BCUT2D eigenvalue weighted by atomic mass is 32.2. The predicted octanol–water partition coefficient (Wildman–Crippen LogP) is 2.80. The van der Waals surface area contributed by atoms with Gasteiger partial charge >= 0.3 is 0 Å². The molecule has 0 amide bonds. The Bertz CT molecular complexity index is 637. The second-order valence-corrected chi connectivity index (χ2v) is 5.31. The van der Waals surface area contributed by atoms with E-state index in [0.717, 1.165) is 12.1 Å². The smallest absolute Gasteiger partial charge is 0.209 e. The molecule has 2 aromatic rings. The summed E-state index contributed by atoms with van der Waals surface area (Å²) < 4.78 is 50.4. The zero-order chi connectivity index (χ0) is 12.5. The van der Waals surface area contributed by atoms with Crippen molar-refractivity contribution in [3.63, 3.8) is 0 Å². The number of hydrogen-bond donors (Lipinski definition) is 0. The van der Waals surface area contributed by atoms with E-state index in [1.807, 2.05) is 0 Å². The normalized spacial score (nSPS) is 11.4. The Morgan fingerprint density at radius 2 is 1.53 bits per heavy atom. The van der Waals surface area contributed by atoms with Crippen molar-refractivity contribution in [3.8, 4) is 0 Å². The Kier molecular flexibility index (Phi) is 2.93. The lowest BCUT2D eigenvalue weighted by Crippen LogP contribution is -2.05. The first-order chi connectivity index (χ1) is 8.01. The van der Waals surface area contributed by atoms with Crippen molar-refractivity contribution in [1.82, 2.24) is 0 Å². The van der Waals surface area contributed by atoms with Gasteiger partial charge < -0.3 is 0 Å². The number of rotatable bonds is 2. The fourth-order valence-electron chi connectivity index (χ4n) is 1.41.